The lowest BCUT2D eigenvalue weighted by molar-refractivity contribution is -0.129. The van der Waals surface area contributed by atoms with Gasteiger partial charge in [-0.3, -0.25) is 20.4 Å². The quantitative estimate of drug-likeness (QED) is 0.755. The van der Waals surface area contributed by atoms with E-state index in [1.165, 1.54) is 0 Å². The summed E-state index contributed by atoms with van der Waals surface area (Å²) in [5, 5.41) is 0.794. The molecule has 2 amide bonds. The molecule has 25 heavy (non-hydrogen) atoms. The highest BCUT2D eigenvalue weighted by Gasteiger charge is 2.09. The van der Waals surface area contributed by atoms with E-state index in [1.807, 2.05) is 25.1 Å². The van der Waals surface area contributed by atoms with Crippen LogP contribution in [0.4, 0.5) is 0 Å². The molecule has 0 bridgehead atoms. The Kier molecular flexibility index (Phi) is 7.10. The van der Waals surface area contributed by atoms with E-state index in [1.54, 1.807) is 24.3 Å². The minimum absolute atomic E-state index is 0.0662. The summed E-state index contributed by atoms with van der Waals surface area (Å²) in [7, 11) is 0. The van der Waals surface area contributed by atoms with Crippen molar-refractivity contribution in [3.63, 3.8) is 0 Å². The van der Waals surface area contributed by atoms with Gasteiger partial charge in [0.1, 0.15) is 5.75 Å². The lowest BCUT2D eigenvalue weighted by Gasteiger charge is -2.11. The number of ether oxygens (including phenoxy) is 1. The van der Waals surface area contributed by atoms with Gasteiger partial charge >= 0.3 is 0 Å². The smallest absolute Gasteiger partial charge is 0.276 e. The molecule has 0 atom stereocenters. The summed E-state index contributed by atoms with van der Waals surface area (Å²) in [6.45, 7) is 1.82. The number of amides is 2. The molecule has 5 nitrogen and oxygen atoms in total. The fraction of sp³-hybridized carbons (Fsp3) is 0.222. The Morgan fingerprint density at radius 2 is 1.72 bits per heavy atom. The first-order valence-corrected chi connectivity index (χ1v) is 8.47. The van der Waals surface area contributed by atoms with Crippen molar-refractivity contribution in [2.24, 2.45) is 0 Å². The van der Waals surface area contributed by atoms with Gasteiger partial charge in [0.2, 0.25) is 5.91 Å². The maximum atomic E-state index is 11.8. The summed E-state index contributed by atoms with van der Waals surface area (Å²) >= 11 is 11.7. The molecule has 7 heteroatoms. The van der Waals surface area contributed by atoms with Crippen LogP contribution in [-0.4, -0.2) is 18.4 Å². The van der Waals surface area contributed by atoms with Crippen molar-refractivity contribution in [3.05, 3.63) is 63.6 Å². The Morgan fingerprint density at radius 1 is 1.00 bits per heavy atom. The molecule has 0 heterocycles. The second-order valence-corrected chi connectivity index (χ2v) is 6.09. The van der Waals surface area contributed by atoms with Gasteiger partial charge in [0, 0.05) is 0 Å². The second kappa shape index (κ2) is 9.30. The van der Waals surface area contributed by atoms with Crippen molar-refractivity contribution >= 4 is 35.0 Å². The Bertz CT molecular complexity index is 766. The molecule has 0 fully saturated rings. The van der Waals surface area contributed by atoms with Gasteiger partial charge in [0.05, 0.1) is 16.5 Å². The Labute approximate surface area is 156 Å². The van der Waals surface area contributed by atoms with Crippen molar-refractivity contribution < 1.29 is 14.3 Å². The molecular weight excluding hydrogens is 363 g/mol. The second-order valence-electron chi connectivity index (χ2n) is 5.27. The van der Waals surface area contributed by atoms with E-state index in [4.69, 9.17) is 27.9 Å². The number of hydrogen-bond acceptors (Lipinski definition) is 3. The molecule has 0 aliphatic rings. The van der Waals surface area contributed by atoms with Crippen LogP contribution in [0.3, 0.4) is 0 Å². The summed E-state index contributed by atoms with van der Waals surface area (Å²) in [4.78, 5) is 23.6. The zero-order valence-electron chi connectivity index (χ0n) is 13.6. The molecule has 0 aliphatic carbocycles. The third-order valence-electron chi connectivity index (χ3n) is 3.40. The Hall–Kier alpha value is -2.24. The molecule has 2 rings (SSSR count). The highest BCUT2D eigenvalue weighted by atomic mass is 35.5. The summed E-state index contributed by atoms with van der Waals surface area (Å²) in [5.74, 6) is -0.170. The van der Waals surface area contributed by atoms with Gasteiger partial charge < -0.3 is 4.74 Å². The minimum atomic E-state index is -0.451. The van der Waals surface area contributed by atoms with Crippen molar-refractivity contribution in [1.82, 2.24) is 10.9 Å². The van der Waals surface area contributed by atoms with Crippen molar-refractivity contribution in [1.29, 1.82) is 0 Å². The maximum absolute atomic E-state index is 11.8. The van der Waals surface area contributed by atoms with Crippen LogP contribution in [0.25, 0.3) is 0 Å². The molecule has 132 valence electrons. The Morgan fingerprint density at radius 3 is 2.44 bits per heavy atom. The molecule has 2 N–H and O–H groups in total. The van der Waals surface area contributed by atoms with Crippen molar-refractivity contribution in [2.75, 3.05) is 6.61 Å². The molecule has 0 unspecified atom stereocenters. The van der Waals surface area contributed by atoms with Gasteiger partial charge in [-0.15, -0.1) is 0 Å². The van der Waals surface area contributed by atoms with E-state index in [0.29, 0.717) is 21.4 Å². The number of benzene rings is 2. The minimum Gasteiger partial charge on any atom is -0.483 e. The standard InChI is InChI=1S/C18H18Cl2N2O3/c1-2-13-5-3-4-6-16(13)25-11-18(24)22-21-17(23)10-12-7-8-14(19)15(20)9-12/h3-9H,2,10-11H2,1H3,(H,21,23)(H,22,24). The highest BCUT2D eigenvalue weighted by molar-refractivity contribution is 6.42. The maximum Gasteiger partial charge on any atom is 0.276 e. The Balaban J connectivity index is 1.77. The summed E-state index contributed by atoms with van der Waals surface area (Å²) < 4.78 is 5.47. The fourth-order valence-corrected chi connectivity index (χ4v) is 2.46. The number of nitrogens with one attached hydrogen (secondary N) is 2. The summed E-state index contributed by atoms with van der Waals surface area (Å²) in [6, 6.07) is 12.4. The molecule has 0 spiro atoms. The zero-order chi connectivity index (χ0) is 18.2. The molecule has 0 aliphatic heterocycles. The molecule has 2 aromatic rings. The first-order valence-electron chi connectivity index (χ1n) is 7.72. The van der Waals surface area contributed by atoms with Crippen LogP contribution in [0, 0.1) is 0 Å². The average Bonchev–Trinajstić information content (AvgIpc) is 2.61. The molecule has 0 radical (unpaired) electrons. The lowest BCUT2D eigenvalue weighted by Crippen LogP contribution is -2.44. The molecule has 0 saturated heterocycles. The third kappa shape index (κ3) is 5.96. The third-order valence-corrected chi connectivity index (χ3v) is 4.14. The van der Waals surface area contributed by atoms with Crippen molar-refractivity contribution in [3.8, 4) is 5.75 Å². The number of para-hydroxylation sites is 1. The van der Waals surface area contributed by atoms with E-state index >= 15 is 0 Å². The largest absolute Gasteiger partial charge is 0.483 e. The van der Waals surface area contributed by atoms with Gasteiger partial charge in [-0.05, 0) is 35.7 Å². The SMILES string of the molecule is CCc1ccccc1OCC(=O)NNC(=O)Cc1ccc(Cl)c(Cl)c1. The van der Waals surface area contributed by atoms with E-state index in [2.05, 4.69) is 10.9 Å². The van der Waals surface area contributed by atoms with Crippen LogP contribution >= 0.6 is 23.2 Å². The van der Waals surface area contributed by atoms with E-state index in [-0.39, 0.29) is 18.9 Å². The first-order chi connectivity index (χ1) is 12.0. The van der Waals surface area contributed by atoms with Gasteiger partial charge in [-0.25, -0.2) is 0 Å². The van der Waals surface area contributed by atoms with Crippen molar-refractivity contribution in [2.45, 2.75) is 19.8 Å². The first kappa shape index (κ1) is 19.1. The van der Waals surface area contributed by atoms with Gasteiger partial charge in [-0.2, -0.15) is 0 Å². The highest BCUT2D eigenvalue weighted by Crippen LogP contribution is 2.22. The molecule has 2 aromatic carbocycles. The van der Waals surface area contributed by atoms with E-state index in [0.717, 1.165) is 12.0 Å². The van der Waals surface area contributed by atoms with Gasteiger partial charge in [0.15, 0.2) is 6.61 Å². The van der Waals surface area contributed by atoms with Crippen LogP contribution in [0.1, 0.15) is 18.1 Å². The summed E-state index contributed by atoms with van der Waals surface area (Å²) in [6.07, 6.45) is 0.870. The number of hydrazine groups is 1. The lowest BCUT2D eigenvalue weighted by atomic mass is 10.1. The molecule has 0 saturated carbocycles. The number of halogens is 2. The number of rotatable bonds is 6. The van der Waals surface area contributed by atoms with Crippen LogP contribution < -0.4 is 15.6 Å². The molecular formula is C18H18Cl2N2O3. The number of carbonyl (C=O) groups excluding carboxylic acids is 2. The van der Waals surface area contributed by atoms with Crippen LogP contribution in [-0.2, 0) is 22.4 Å². The zero-order valence-corrected chi connectivity index (χ0v) is 15.2. The number of aryl methyl sites for hydroxylation is 1. The van der Waals surface area contributed by atoms with E-state index < -0.39 is 5.91 Å². The van der Waals surface area contributed by atoms with Gasteiger partial charge in [-0.1, -0.05) is 54.4 Å². The number of carbonyl (C=O) groups is 2. The van der Waals surface area contributed by atoms with Gasteiger partial charge in [0.25, 0.3) is 5.91 Å². The fourth-order valence-electron chi connectivity index (χ4n) is 2.13. The van der Waals surface area contributed by atoms with Crippen LogP contribution in [0.2, 0.25) is 10.0 Å². The molecule has 0 aromatic heterocycles. The monoisotopic (exact) mass is 380 g/mol. The number of hydrogen-bond donors (Lipinski definition) is 2. The van der Waals surface area contributed by atoms with Crippen LogP contribution in [0.15, 0.2) is 42.5 Å². The topological polar surface area (TPSA) is 67.4 Å². The summed E-state index contributed by atoms with van der Waals surface area (Å²) in [5.41, 5.74) is 6.35. The van der Waals surface area contributed by atoms with Crippen LogP contribution in [0.5, 0.6) is 5.75 Å². The van der Waals surface area contributed by atoms with E-state index in [9.17, 15) is 9.59 Å². The normalized spacial score (nSPS) is 10.2. The average molecular weight is 381 g/mol. The predicted octanol–water partition coefficient (Wildman–Crippen LogP) is 3.32. The predicted molar refractivity (Wildman–Crippen MR) is 97.8 cm³/mol.